The van der Waals surface area contributed by atoms with Crippen LogP contribution in [0.3, 0.4) is 0 Å². The number of hydrogen-bond donors (Lipinski definition) is 1. The number of rotatable bonds is 3. The van der Waals surface area contributed by atoms with Gasteiger partial charge in [0.1, 0.15) is 0 Å². The van der Waals surface area contributed by atoms with Crippen molar-refractivity contribution < 1.29 is 23.1 Å². The van der Waals surface area contributed by atoms with Crippen LogP contribution in [0.25, 0.3) is 6.08 Å². The maximum absolute atomic E-state index is 12.3. The minimum atomic E-state index is -4.37. The lowest BCUT2D eigenvalue weighted by Gasteiger charge is -2.06. The van der Waals surface area contributed by atoms with E-state index in [1.54, 1.807) is 0 Å². The zero-order valence-electron chi connectivity index (χ0n) is 8.61. The molecule has 0 aliphatic heterocycles. The Morgan fingerprint density at radius 2 is 1.94 bits per heavy atom. The Hall–Kier alpha value is -2.04. The first-order valence-corrected chi connectivity index (χ1v) is 4.64. The Balaban J connectivity index is 2.83. The molecular formula is C12H9F3O2. The molecule has 90 valence electrons. The van der Waals surface area contributed by atoms with Crippen LogP contribution in [-0.2, 0) is 11.0 Å². The van der Waals surface area contributed by atoms with E-state index in [0.717, 1.165) is 18.2 Å². The van der Waals surface area contributed by atoms with Crippen LogP contribution in [0, 0.1) is 0 Å². The van der Waals surface area contributed by atoms with Gasteiger partial charge >= 0.3 is 12.1 Å². The van der Waals surface area contributed by atoms with Crippen molar-refractivity contribution in [2.75, 3.05) is 0 Å². The van der Waals surface area contributed by atoms with Crippen LogP contribution in [0.5, 0.6) is 0 Å². The summed E-state index contributed by atoms with van der Waals surface area (Å²) in [6.07, 6.45) is 0.520. The molecule has 2 nitrogen and oxygen atoms in total. The molecule has 1 aromatic carbocycles. The number of hydrogen-bond acceptors (Lipinski definition) is 1. The van der Waals surface area contributed by atoms with Crippen LogP contribution in [0.1, 0.15) is 11.1 Å². The van der Waals surface area contributed by atoms with Gasteiger partial charge in [0.05, 0.1) is 5.56 Å². The maximum Gasteiger partial charge on any atom is 0.416 e. The third kappa shape index (κ3) is 4.55. The summed E-state index contributed by atoms with van der Waals surface area (Å²) < 4.78 is 37.0. The summed E-state index contributed by atoms with van der Waals surface area (Å²) in [4.78, 5) is 10.1. The fourth-order valence-electron chi connectivity index (χ4n) is 1.12. The van der Waals surface area contributed by atoms with Gasteiger partial charge in [-0.3, -0.25) is 0 Å². The predicted octanol–water partition coefficient (Wildman–Crippen LogP) is 3.36. The molecule has 1 rings (SSSR count). The first-order valence-electron chi connectivity index (χ1n) is 4.64. The second-order valence-corrected chi connectivity index (χ2v) is 3.18. The first-order chi connectivity index (χ1) is 7.89. The minimum Gasteiger partial charge on any atom is -0.478 e. The first kappa shape index (κ1) is 13.0. The molecule has 17 heavy (non-hydrogen) atoms. The van der Waals surface area contributed by atoms with Gasteiger partial charge in [0.25, 0.3) is 0 Å². The number of alkyl halides is 3. The van der Waals surface area contributed by atoms with E-state index in [-0.39, 0.29) is 0 Å². The normalized spacial score (nSPS) is 12.4. The lowest BCUT2D eigenvalue weighted by molar-refractivity contribution is -0.137. The summed E-state index contributed by atoms with van der Waals surface area (Å²) in [7, 11) is 0. The van der Waals surface area contributed by atoms with Crippen LogP contribution in [-0.4, -0.2) is 11.1 Å². The number of carbonyl (C=O) groups is 1. The fourth-order valence-corrected chi connectivity index (χ4v) is 1.12. The molecule has 0 atom stereocenters. The summed E-state index contributed by atoms with van der Waals surface area (Å²) in [5, 5.41) is 8.29. The molecule has 1 aromatic rings. The molecule has 0 amide bonds. The predicted molar refractivity (Wildman–Crippen MR) is 57.3 cm³/mol. The van der Waals surface area contributed by atoms with Gasteiger partial charge in [-0.2, -0.15) is 13.2 Å². The second-order valence-electron chi connectivity index (χ2n) is 3.18. The molecule has 0 fully saturated rings. The van der Waals surface area contributed by atoms with Crippen LogP contribution in [0.4, 0.5) is 13.2 Å². The van der Waals surface area contributed by atoms with E-state index in [0.29, 0.717) is 5.56 Å². The van der Waals surface area contributed by atoms with Gasteiger partial charge in [-0.25, -0.2) is 4.79 Å². The van der Waals surface area contributed by atoms with E-state index in [1.807, 2.05) is 0 Å². The van der Waals surface area contributed by atoms with Crippen molar-refractivity contribution >= 4 is 12.0 Å². The average Bonchev–Trinajstić information content (AvgIpc) is 2.23. The van der Waals surface area contributed by atoms with Gasteiger partial charge < -0.3 is 5.11 Å². The SMILES string of the molecule is O=C(O)/C=C/C=C/c1cccc(C(F)(F)F)c1. The highest BCUT2D eigenvalue weighted by Crippen LogP contribution is 2.29. The topological polar surface area (TPSA) is 37.3 Å². The van der Waals surface area contributed by atoms with E-state index in [1.165, 1.54) is 30.4 Å². The molecule has 1 N–H and O–H groups in total. The summed E-state index contributed by atoms with van der Waals surface area (Å²) in [5.74, 6) is -1.11. The van der Waals surface area contributed by atoms with Crippen molar-refractivity contribution in [1.29, 1.82) is 0 Å². The molecule has 0 spiro atoms. The highest BCUT2D eigenvalue weighted by atomic mass is 19.4. The van der Waals surface area contributed by atoms with Crippen LogP contribution in [0.2, 0.25) is 0 Å². The van der Waals surface area contributed by atoms with Crippen molar-refractivity contribution in [3.05, 3.63) is 53.6 Å². The van der Waals surface area contributed by atoms with Crippen molar-refractivity contribution in [2.24, 2.45) is 0 Å². The Bertz CT molecular complexity index is 459. The monoisotopic (exact) mass is 242 g/mol. The second kappa shape index (κ2) is 5.34. The third-order valence-corrected chi connectivity index (χ3v) is 1.85. The highest BCUT2D eigenvalue weighted by Gasteiger charge is 2.30. The van der Waals surface area contributed by atoms with Gasteiger partial charge in [0.2, 0.25) is 0 Å². The standard InChI is InChI=1S/C12H9F3O2/c13-12(14,15)10-6-3-5-9(8-10)4-1-2-7-11(16)17/h1-8H,(H,16,17)/b4-1+,7-2+. The van der Waals surface area contributed by atoms with E-state index in [4.69, 9.17) is 5.11 Å². The lowest BCUT2D eigenvalue weighted by Crippen LogP contribution is -2.04. The highest BCUT2D eigenvalue weighted by molar-refractivity contribution is 5.80. The summed E-state index contributed by atoms with van der Waals surface area (Å²) in [5.41, 5.74) is -0.378. The van der Waals surface area contributed by atoms with E-state index >= 15 is 0 Å². The van der Waals surface area contributed by atoms with Gasteiger partial charge in [0, 0.05) is 6.08 Å². The van der Waals surface area contributed by atoms with Crippen molar-refractivity contribution in [3.8, 4) is 0 Å². The molecule has 0 aliphatic rings. The third-order valence-electron chi connectivity index (χ3n) is 1.85. The Kier molecular flexibility index (Phi) is 4.09. The number of allylic oxidation sites excluding steroid dienone is 2. The van der Waals surface area contributed by atoms with Gasteiger partial charge in [-0.15, -0.1) is 0 Å². The van der Waals surface area contributed by atoms with Gasteiger partial charge in [-0.1, -0.05) is 30.4 Å². The number of aliphatic carboxylic acids is 1. The zero-order valence-corrected chi connectivity index (χ0v) is 8.61. The molecular weight excluding hydrogens is 233 g/mol. The van der Waals surface area contributed by atoms with Gasteiger partial charge in [0.15, 0.2) is 0 Å². The fraction of sp³-hybridized carbons (Fsp3) is 0.0833. The molecule has 0 heterocycles. The van der Waals surface area contributed by atoms with E-state index in [9.17, 15) is 18.0 Å². The van der Waals surface area contributed by atoms with Crippen LogP contribution >= 0.6 is 0 Å². The smallest absolute Gasteiger partial charge is 0.416 e. The van der Waals surface area contributed by atoms with Crippen molar-refractivity contribution in [1.82, 2.24) is 0 Å². The molecule has 0 bridgehead atoms. The van der Waals surface area contributed by atoms with Crippen molar-refractivity contribution in [3.63, 3.8) is 0 Å². The minimum absolute atomic E-state index is 0.356. The number of carboxylic acid groups (broad SMARTS) is 1. The molecule has 0 aromatic heterocycles. The quantitative estimate of drug-likeness (QED) is 0.651. The molecule has 0 unspecified atom stereocenters. The summed E-state index contributed by atoms with van der Waals surface area (Å²) in [6, 6.07) is 4.76. The van der Waals surface area contributed by atoms with Crippen LogP contribution in [0.15, 0.2) is 42.5 Å². The summed E-state index contributed by atoms with van der Waals surface area (Å²) in [6.45, 7) is 0. The summed E-state index contributed by atoms with van der Waals surface area (Å²) >= 11 is 0. The molecule has 0 radical (unpaired) electrons. The lowest BCUT2D eigenvalue weighted by atomic mass is 10.1. The Labute approximate surface area is 95.7 Å². The largest absolute Gasteiger partial charge is 0.478 e. The number of halogens is 3. The molecule has 5 heteroatoms. The number of carboxylic acids is 1. The number of benzene rings is 1. The maximum atomic E-state index is 12.3. The molecule has 0 saturated carbocycles. The van der Waals surface area contributed by atoms with Crippen molar-refractivity contribution in [2.45, 2.75) is 6.18 Å². The Morgan fingerprint density at radius 1 is 1.24 bits per heavy atom. The molecule has 0 aliphatic carbocycles. The van der Waals surface area contributed by atoms with E-state index < -0.39 is 17.7 Å². The van der Waals surface area contributed by atoms with Gasteiger partial charge in [-0.05, 0) is 17.7 Å². The van der Waals surface area contributed by atoms with Crippen LogP contribution < -0.4 is 0 Å². The van der Waals surface area contributed by atoms with E-state index in [2.05, 4.69) is 0 Å². The zero-order chi connectivity index (χ0) is 12.9. The average molecular weight is 242 g/mol. The molecule has 0 saturated heterocycles. The Morgan fingerprint density at radius 3 is 2.53 bits per heavy atom.